The summed E-state index contributed by atoms with van der Waals surface area (Å²) in [5.74, 6) is 0.263. The second-order valence-electron chi connectivity index (χ2n) is 6.82. The van der Waals surface area contributed by atoms with Gasteiger partial charge in [-0.3, -0.25) is 10.1 Å². The van der Waals surface area contributed by atoms with Crippen molar-refractivity contribution in [3.05, 3.63) is 65.2 Å². The molecule has 5 nitrogen and oxygen atoms in total. The second-order valence-corrected chi connectivity index (χ2v) is 6.82. The molecule has 0 spiro atoms. The van der Waals surface area contributed by atoms with Crippen LogP contribution in [0.25, 0.3) is 0 Å². The van der Waals surface area contributed by atoms with Crippen molar-refractivity contribution in [3.8, 4) is 0 Å². The molecule has 0 aromatic heterocycles. The number of rotatable bonds is 5. The van der Waals surface area contributed by atoms with Crippen molar-refractivity contribution in [2.45, 2.75) is 39.2 Å². The normalized spacial score (nSPS) is 17.0. The molecule has 0 radical (unpaired) electrons. The molecule has 2 N–H and O–H groups in total. The number of nitrogens with one attached hydrogen (secondary N) is 2. The molecular weight excluding hydrogens is 338 g/mol. The fourth-order valence-electron chi connectivity index (χ4n) is 2.94. The fourth-order valence-corrected chi connectivity index (χ4v) is 2.94. The Morgan fingerprint density at radius 1 is 1.15 bits per heavy atom. The number of aliphatic imine (C=N–C) groups is 1. The molecule has 5 heteroatoms. The molecule has 1 saturated heterocycles. The highest BCUT2D eigenvalue weighted by molar-refractivity contribution is 6.09. The van der Waals surface area contributed by atoms with Gasteiger partial charge in [0, 0.05) is 17.9 Å². The van der Waals surface area contributed by atoms with Crippen molar-refractivity contribution in [1.29, 1.82) is 0 Å². The Kier molecular flexibility index (Phi) is 6.60. The van der Waals surface area contributed by atoms with E-state index in [1.54, 1.807) is 0 Å². The lowest BCUT2D eigenvalue weighted by molar-refractivity contribution is 0.0975. The van der Waals surface area contributed by atoms with E-state index >= 15 is 0 Å². The molecule has 3 rings (SSSR count). The van der Waals surface area contributed by atoms with E-state index in [1.165, 1.54) is 5.56 Å². The smallest absolute Gasteiger partial charge is 0.257 e. The topological polar surface area (TPSA) is 62.7 Å². The number of benzene rings is 2. The standard InChI is InChI=1S/C22H27N3O2/c1-3-17-8-12-19(13-9-17)24-22(23-15-20-5-4-14-27-20)25-21(26)18-10-6-16(2)7-11-18/h6-13,20H,3-5,14-15H2,1-2H3,(H2,23,24,25,26)/t20-/m0/s1. The van der Waals surface area contributed by atoms with E-state index in [-0.39, 0.29) is 12.0 Å². The van der Waals surface area contributed by atoms with Gasteiger partial charge in [-0.1, -0.05) is 36.8 Å². The number of carbonyl (C=O) groups is 1. The number of aryl methyl sites for hydroxylation is 2. The highest BCUT2D eigenvalue weighted by Gasteiger charge is 2.16. The van der Waals surface area contributed by atoms with Gasteiger partial charge < -0.3 is 10.1 Å². The molecule has 142 valence electrons. The number of hydrogen-bond donors (Lipinski definition) is 2. The van der Waals surface area contributed by atoms with Crippen LogP contribution in [0.1, 0.15) is 41.3 Å². The van der Waals surface area contributed by atoms with Crippen LogP contribution in [0.5, 0.6) is 0 Å². The number of hydrogen-bond acceptors (Lipinski definition) is 3. The number of nitrogens with zero attached hydrogens (tertiary/aromatic N) is 1. The summed E-state index contributed by atoms with van der Waals surface area (Å²) >= 11 is 0. The third kappa shape index (κ3) is 5.66. The van der Waals surface area contributed by atoms with Crippen LogP contribution in [0.2, 0.25) is 0 Å². The Balaban J connectivity index is 1.72. The van der Waals surface area contributed by atoms with Gasteiger partial charge in [0.15, 0.2) is 0 Å². The summed E-state index contributed by atoms with van der Waals surface area (Å²) in [6.45, 7) is 5.44. The quantitative estimate of drug-likeness (QED) is 0.623. The van der Waals surface area contributed by atoms with E-state index in [0.717, 1.165) is 37.1 Å². The number of carbonyl (C=O) groups excluding carboxylic acids is 1. The molecule has 1 atom stereocenters. The van der Waals surface area contributed by atoms with Gasteiger partial charge in [-0.05, 0) is 56.0 Å². The first kappa shape index (κ1) is 19.1. The molecule has 2 aromatic carbocycles. The van der Waals surface area contributed by atoms with E-state index in [2.05, 4.69) is 34.7 Å². The minimum Gasteiger partial charge on any atom is -0.376 e. The Morgan fingerprint density at radius 3 is 2.52 bits per heavy atom. The summed E-state index contributed by atoms with van der Waals surface area (Å²) < 4.78 is 5.64. The number of ether oxygens (including phenoxy) is 1. The monoisotopic (exact) mass is 365 g/mol. The molecule has 1 amide bonds. The van der Waals surface area contributed by atoms with Gasteiger partial charge in [0.25, 0.3) is 5.91 Å². The Hall–Kier alpha value is -2.66. The zero-order valence-corrected chi connectivity index (χ0v) is 16.0. The Labute approximate surface area is 160 Å². The summed E-state index contributed by atoms with van der Waals surface area (Å²) in [5, 5.41) is 6.13. The molecular formula is C22H27N3O2. The molecule has 0 aliphatic carbocycles. The highest BCUT2D eigenvalue weighted by atomic mass is 16.5. The summed E-state index contributed by atoms with van der Waals surface area (Å²) in [6, 6.07) is 15.6. The third-order valence-corrected chi connectivity index (χ3v) is 4.65. The van der Waals surface area contributed by atoms with Gasteiger partial charge in [-0.25, -0.2) is 4.99 Å². The van der Waals surface area contributed by atoms with Gasteiger partial charge in [0.1, 0.15) is 0 Å². The first-order valence-corrected chi connectivity index (χ1v) is 9.54. The van der Waals surface area contributed by atoms with Crippen LogP contribution in [-0.4, -0.2) is 31.1 Å². The Bertz CT molecular complexity index is 776. The zero-order valence-electron chi connectivity index (χ0n) is 16.0. The van der Waals surface area contributed by atoms with Crippen molar-refractivity contribution in [2.75, 3.05) is 18.5 Å². The van der Waals surface area contributed by atoms with E-state index in [4.69, 9.17) is 4.74 Å². The summed E-state index contributed by atoms with van der Waals surface area (Å²) in [6.07, 6.45) is 3.19. The SMILES string of the molecule is CCc1ccc(NC(=NC[C@@H]2CCCO2)NC(=O)c2ccc(C)cc2)cc1. The average molecular weight is 365 g/mol. The van der Waals surface area contributed by atoms with Gasteiger partial charge in [0.05, 0.1) is 12.6 Å². The minimum atomic E-state index is -0.182. The predicted octanol–water partition coefficient (Wildman–Crippen LogP) is 3.93. The molecule has 1 heterocycles. The van der Waals surface area contributed by atoms with Crippen molar-refractivity contribution in [1.82, 2.24) is 5.32 Å². The number of amides is 1. The zero-order chi connectivity index (χ0) is 19.1. The molecule has 0 saturated carbocycles. The molecule has 1 aliphatic rings. The predicted molar refractivity (Wildman–Crippen MR) is 109 cm³/mol. The third-order valence-electron chi connectivity index (χ3n) is 4.65. The minimum absolute atomic E-state index is 0.126. The summed E-state index contributed by atoms with van der Waals surface area (Å²) in [7, 11) is 0. The van der Waals surface area contributed by atoms with E-state index < -0.39 is 0 Å². The van der Waals surface area contributed by atoms with Crippen molar-refractivity contribution in [2.24, 2.45) is 4.99 Å². The summed E-state index contributed by atoms with van der Waals surface area (Å²) in [4.78, 5) is 17.2. The van der Waals surface area contributed by atoms with Crippen molar-refractivity contribution < 1.29 is 9.53 Å². The number of guanidine groups is 1. The molecule has 27 heavy (non-hydrogen) atoms. The fraction of sp³-hybridized carbons (Fsp3) is 0.364. The van der Waals surface area contributed by atoms with Gasteiger partial charge in [-0.2, -0.15) is 0 Å². The van der Waals surface area contributed by atoms with Crippen LogP contribution < -0.4 is 10.6 Å². The lowest BCUT2D eigenvalue weighted by Gasteiger charge is -2.14. The van der Waals surface area contributed by atoms with Crippen LogP contribution in [0.4, 0.5) is 5.69 Å². The van der Waals surface area contributed by atoms with Gasteiger partial charge in [-0.15, -0.1) is 0 Å². The van der Waals surface area contributed by atoms with Crippen molar-refractivity contribution >= 4 is 17.6 Å². The first-order valence-electron chi connectivity index (χ1n) is 9.54. The average Bonchev–Trinajstić information content (AvgIpc) is 3.21. The molecule has 1 fully saturated rings. The molecule has 2 aromatic rings. The van der Waals surface area contributed by atoms with Crippen LogP contribution >= 0.6 is 0 Å². The maximum atomic E-state index is 12.6. The number of anilines is 1. The van der Waals surface area contributed by atoms with Crippen LogP contribution in [0, 0.1) is 6.92 Å². The Morgan fingerprint density at radius 2 is 1.89 bits per heavy atom. The van der Waals surface area contributed by atoms with Gasteiger partial charge in [0.2, 0.25) is 5.96 Å². The maximum Gasteiger partial charge on any atom is 0.257 e. The first-order chi connectivity index (χ1) is 13.1. The largest absolute Gasteiger partial charge is 0.376 e. The lowest BCUT2D eigenvalue weighted by atomic mass is 10.1. The van der Waals surface area contributed by atoms with Crippen LogP contribution in [0.3, 0.4) is 0 Å². The molecule has 1 aliphatic heterocycles. The van der Waals surface area contributed by atoms with Crippen LogP contribution in [-0.2, 0) is 11.2 Å². The molecule has 0 bridgehead atoms. The van der Waals surface area contributed by atoms with E-state index in [1.807, 2.05) is 43.3 Å². The lowest BCUT2D eigenvalue weighted by Crippen LogP contribution is -2.36. The molecule has 0 unspecified atom stereocenters. The van der Waals surface area contributed by atoms with Gasteiger partial charge >= 0.3 is 0 Å². The maximum absolute atomic E-state index is 12.6. The summed E-state index contributed by atoms with van der Waals surface area (Å²) in [5.41, 5.74) is 3.88. The van der Waals surface area contributed by atoms with E-state index in [0.29, 0.717) is 18.1 Å². The highest BCUT2D eigenvalue weighted by Crippen LogP contribution is 2.13. The van der Waals surface area contributed by atoms with Crippen LogP contribution in [0.15, 0.2) is 53.5 Å². The van der Waals surface area contributed by atoms with Crippen molar-refractivity contribution in [3.63, 3.8) is 0 Å². The second kappa shape index (κ2) is 9.33. The van der Waals surface area contributed by atoms with E-state index in [9.17, 15) is 4.79 Å².